The molecule has 0 aromatic rings. The van der Waals surface area contributed by atoms with E-state index in [2.05, 4.69) is 50.3 Å². The molecule has 0 aliphatic heterocycles. The van der Waals surface area contributed by atoms with Crippen LogP contribution in [0.3, 0.4) is 0 Å². The van der Waals surface area contributed by atoms with Crippen LogP contribution in [0.15, 0.2) is 36.5 Å². The molecule has 0 spiro atoms. The van der Waals surface area contributed by atoms with Gasteiger partial charge in [-0.15, -0.1) is 0 Å². The maximum atomic E-state index is 12.7. The molecule has 0 heterocycles. The van der Waals surface area contributed by atoms with E-state index >= 15 is 0 Å². The van der Waals surface area contributed by atoms with E-state index in [0.717, 1.165) is 77.0 Å². The van der Waals surface area contributed by atoms with E-state index in [1.807, 2.05) is 21.1 Å². The summed E-state index contributed by atoms with van der Waals surface area (Å²) >= 11 is 0. The van der Waals surface area contributed by atoms with Gasteiger partial charge in [-0.2, -0.15) is 0 Å². The third-order valence-electron chi connectivity index (χ3n) is 9.64. The molecule has 0 fully saturated rings. The van der Waals surface area contributed by atoms with Crippen LogP contribution in [0.2, 0.25) is 0 Å². The normalized spacial score (nSPS) is 13.9. The Balaban J connectivity index is 4.38. The van der Waals surface area contributed by atoms with Crippen LogP contribution in [0, 0.1) is 0 Å². The molecule has 0 amide bonds. The van der Waals surface area contributed by atoms with Gasteiger partial charge in [-0.05, 0) is 70.6 Å². The van der Waals surface area contributed by atoms with Gasteiger partial charge in [0.15, 0.2) is 6.10 Å². The fourth-order valence-corrected chi connectivity index (χ4v) is 6.78. The maximum Gasteiger partial charge on any atom is 0.472 e. The molecule has 56 heavy (non-hydrogen) atoms. The summed E-state index contributed by atoms with van der Waals surface area (Å²) in [6, 6.07) is 0. The zero-order valence-corrected chi connectivity index (χ0v) is 37.8. The van der Waals surface area contributed by atoms with Crippen LogP contribution in [0.4, 0.5) is 0 Å². The number of unbranched alkanes of at least 4 members (excludes halogenated alkanes) is 21. The molecule has 10 heteroatoms. The first-order chi connectivity index (χ1) is 27.0. The highest BCUT2D eigenvalue weighted by atomic mass is 31.2. The van der Waals surface area contributed by atoms with Gasteiger partial charge in [-0.3, -0.25) is 18.6 Å². The van der Waals surface area contributed by atoms with Crippen LogP contribution < -0.4 is 0 Å². The van der Waals surface area contributed by atoms with E-state index in [-0.39, 0.29) is 32.0 Å². The minimum atomic E-state index is -4.38. The SMILES string of the molecule is CCCCCC/C=C\C/C=C\CCCCCCCC(=O)OC(COC(=O)CCCCCCC/C=C\CCCCCCCCC)COP(=O)(O)OCC[N+](C)(C)C. The Morgan fingerprint density at radius 3 is 1.45 bits per heavy atom. The molecule has 0 aliphatic rings. The standard InChI is InChI=1S/C46H86NO8P/c1-6-8-10-12-14-16-18-20-22-24-26-28-30-32-34-36-38-45(48)52-42-44(43-54-56(50,51)53-41-40-47(3,4)5)55-46(49)39-37-35-33-31-29-27-25-23-21-19-17-15-13-11-9-7-2/h17,19,22-25,44H,6-16,18,20-21,26-43H2,1-5H3/p+1/b19-17-,24-22-,25-23-. The monoisotopic (exact) mass is 813 g/mol. The first-order valence-electron chi connectivity index (χ1n) is 22.7. The average molecular weight is 813 g/mol. The fourth-order valence-electron chi connectivity index (χ4n) is 6.04. The number of ether oxygens (including phenoxy) is 2. The van der Waals surface area contributed by atoms with E-state index in [0.29, 0.717) is 17.4 Å². The van der Waals surface area contributed by atoms with Crippen molar-refractivity contribution in [2.45, 2.75) is 200 Å². The number of hydrogen-bond acceptors (Lipinski definition) is 7. The van der Waals surface area contributed by atoms with E-state index in [4.69, 9.17) is 18.5 Å². The van der Waals surface area contributed by atoms with Gasteiger partial charge in [0, 0.05) is 12.8 Å². The Labute approximate surface area is 344 Å². The van der Waals surface area contributed by atoms with Crippen LogP contribution >= 0.6 is 7.82 Å². The van der Waals surface area contributed by atoms with Crippen LogP contribution in [-0.2, 0) is 32.7 Å². The van der Waals surface area contributed by atoms with Crippen molar-refractivity contribution in [3.63, 3.8) is 0 Å². The lowest BCUT2D eigenvalue weighted by Crippen LogP contribution is -2.37. The molecule has 1 N–H and O–H groups in total. The number of carbonyl (C=O) groups is 2. The summed E-state index contributed by atoms with van der Waals surface area (Å²) in [5, 5.41) is 0. The van der Waals surface area contributed by atoms with Gasteiger partial charge in [0.05, 0.1) is 27.7 Å². The number of quaternary nitrogens is 1. The molecule has 328 valence electrons. The first-order valence-corrected chi connectivity index (χ1v) is 24.2. The molecule has 0 rings (SSSR count). The largest absolute Gasteiger partial charge is 0.472 e. The van der Waals surface area contributed by atoms with Crippen molar-refractivity contribution in [1.29, 1.82) is 0 Å². The number of phosphoric acid groups is 1. The molecule has 9 nitrogen and oxygen atoms in total. The summed E-state index contributed by atoms with van der Waals surface area (Å²) in [4.78, 5) is 35.4. The molecule has 2 atom stereocenters. The smallest absolute Gasteiger partial charge is 0.462 e. The maximum absolute atomic E-state index is 12.7. The van der Waals surface area contributed by atoms with Crippen molar-refractivity contribution >= 4 is 19.8 Å². The number of nitrogens with zero attached hydrogens (tertiary/aromatic N) is 1. The quantitative estimate of drug-likeness (QED) is 0.0214. The number of phosphoric ester groups is 1. The Morgan fingerprint density at radius 1 is 0.554 bits per heavy atom. The molecular formula is C46H87NO8P+. The number of hydrogen-bond donors (Lipinski definition) is 1. The Hall–Kier alpha value is -1.77. The van der Waals surface area contributed by atoms with Crippen molar-refractivity contribution in [2.75, 3.05) is 47.5 Å². The topological polar surface area (TPSA) is 108 Å². The van der Waals surface area contributed by atoms with Crippen molar-refractivity contribution in [3.05, 3.63) is 36.5 Å². The predicted octanol–water partition coefficient (Wildman–Crippen LogP) is 12.9. The highest BCUT2D eigenvalue weighted by Crippen LogP contribution is 2.43. The molecule has 2 unspecified atom stereocenters. The molecular weight excluding hydrogens is 725 g/mol. The molecule has 0 saturated carbocycles. The summed E-state index contributed by atoms with van der Waals surface area (Å²) < 4.78 is 34.3. The minimum Gasteiger partial charge on any atom is -0.462 e. The molecule has 0 radical (unpaired) electrons. The molecule has 0 saturated heterocycles. The zero-order valence-electron chi connectivity index (χ0n) is 36.9. The summed E-state index contributed by atoms with van der Waals surface area (Å²) in [6.45, 7) is 4.38. The lowest BCUT2D eigenvalue weighted by Gasteiger charge is -2.24. The third kappa shape index (κ3) is 41.9. The molecule has 0 bridgehead atoms. The van der Waals surface area contributed by atoms with E-state index < -0.39 is 26.5 Å². The summed E-state index contributed by atoms with van der Waals surface area (Å²) in [6.07, 6.45) is 43.3. The summed E-state index contributed by atoms with van der Waals surface area (Å²) in [7, 11) is 1.46. The number of carbonyl (C=O) groups excluding carboxylic acids is 2. The minimum absolute atomic E-state index is 0.0274. The van der Waals surface area contributed by atoms with Crippen molar-refractivity contribution in [3.8, 4) is 0 Å². The molecule has 0 aliphatic carbocycles. The average Bonchev–Trinajstić information content (AvgIpc) is 3.15. The number of esters is 2. The van der Waals surface area contributed by atoms with E-state index in [1.165, 1.54) is 83.5 Å². The lowest BCUT2D eigenvalue weighted by molar-refractivity contribution is -0.870. The van der Waals surface area contributed by atoms with Crippen LogP contribution in [0.5, 0.6) is 0 Å². The van der Waals surface area contributed by atoms with Crippen molar-refractivity contribution < 1.29 is 42.1 Å². The van der Waals surface area contributed by atoms with Crippen LogP contribution in [0.1, 0.15) is 194 Å². The summed E-state index contributed by atoms with van der Waals surface area (Å²) in [5.74, 6) is -0.822. The van der Waals surface area contributed by atoms with Crippen LogP contribution in [-0.4, -0.2) is 74.9 Å². The fraction of sp³-hybridized carbons (Fsp3) is 0.826. The van der Waals surface area contributed by atoms with Crippen molar-refractivity contribution in [2.24, 2.45) is 0 Å². The first kappa shape index (κ1) is 54.2. The van der Waals surface area contributed by atoms with Gasteiger partial charge in [-0.1, -0.05) is 147 Å². The highest BCUT2D eigenvalue weighted by molar-refractivity contribution is 7.47. The predicted molar refractivity (Wildman–Crippen MR) is 234 cm³/mol. The second-order valence-electron chi connectivity index (χ2n) is 16.4. The second kappa shape index (κ2) is 38.7. The zero-order chi connectivity index (χ0) is 41.4. The van der Waals surface area contributed by atoms with Gasteiger partial charge < -0.3 is 18.9 Å². The summed E-state index contributed by atoms with van der Waals surface area (Å²) in [5.41, 5.74) is 0. The number of likely N-dealkylation sites (N-methyl/N-ethyl adjacent to an activating group) is 1. The Morgan fingerprint density at radius 2 is 0.964 bits per heavy atom. The van der Waals surface area contributed by atoms with E-state index in [9.17, 15) is 19.0 Å². The third-order valence-corrected chi connectivity index (χ3v) is 10.6. The number of rotatable bonds is 41. The lowest BCUT2D eigenvalue weighted by atomic mass is 10.1. The van der Waals surface area contributed by atoms with E-state index in [1.54, 1.807) is 0 Å². The Kier molecular flexibility index (Phi) is 37.5. The van der Waals surface area contributed by atoms with Crippen molar-refractivity contribution in [1.82, 2.24) is 0 Å². The van der Waals surface area contributed by atoms with Gasteiger partial charge in [0.25, 0.3) is 0 Å². The number of allylic oxidation sites excluding steroid dienone is 6. The van der Waals surface area contributed by atoms with Gasteiger partial charge in [0.1, 0.15) is 19.8 Å². The van der Waals surface area contributed by atoms with Gasteiger partial charge in [-0.25, -0.2) is 4.57 Å². The highest BCUT2D eigenvalue weighted by Gasteiger charge is 2.27. The van der Waals surface area contributed by atoms with Crippen LogP contribution in [0.25, 0.3) is 0 Å². The second-order valence-corrected chi connectivity index (χ2v) is 17.9. The van der Waals surface area contributed by atoms with Gasteiger partial charge >= 0.3 is 19.8 Å². The molecule has 0 aromatic heterocycles. The molecule has 0 aromatic carbocycles. The van der Waals surface area contributed by atoms with Gasteiger partial charge in [0.2, 0.25) is 0 Å². The Bertz CT molecular complexity index is 1050.